The first kappa shape index (κ1) is 16.9. The van der Waals surface area contributed by atoms with E-state index in [2.05, 4.69) is 30.0 Å². The summed E-state index contributed by atoms with van der Waals surface area (Å²) in [6.07, 6.45) is 0. The second-order valence-corrected chi connectivity index (χ2v) is 7.38. The van der Waals surface area contributed by atoms with Gasteiger partial charge in [-0.1, -0.05) is 12.1 Å². The van der Waals surface area contributed by atoms with E-state index in [1.54, 1.807) is 0 Å². The van der Waals surface area contributed by atoms with Crippen molar-refractivity contribution in [1.29, 1.82) is 0 Å². The van der Waals surface area contributed by atoms with Crippen molar-refractivity contribution in [3.8, 4) is 0 Å². The number of carbonyl (C=O) groups excluding carboxylic acids is 1. The number of amides is 1. The van der Waals surface area contributed by atoms with Crippen LogP contribution in [0.4, 0.5) is 5.82 Å². The molecule has 0 unspecified atom stereocenters. The van der Waals surface area contributed by atoms with Crippen molar-refractivity contribution in [3.63, 3.8) is 0 Å². The second kappa shape index (κ2) is 7.32. The Morgan fingerprint density at radius 2 is 2.12 bits per heavy atom. The molecule has 5 nitrogen and oxygen atoms in total. The van der Waals surface area contributed by atoms with Crippen molar-refractivity contribution < 1.29 is 4.79 Å². The van der Waals surface area contributed by atoms with Crippen molar-refractivity contribution in [3.05, 3.63) is 45.8 Å². The summed E-state index contributed by atoms with van der Waals surface area (Å²) in [6, 6.07) is 7.97. The molecule has 1 aliphatic rings. The van der Waals surface area contributed by atoms with Gasteiger partial charge in [0.2, 0.25) is 0 Å². The molecule has 0 fully saturated rings. The van der Waals surface area contributed by atoms with Crippen LogP contribution in [0, 0.1) is 6.92 Å². The molecule has 2 aromatic rings. The average molecular weight is 344 g/mol. The molecule has 1 amide bonds. The van der Waals surface area contributed by atoms with Gasteiger partial charge in [-0.15, -0.1) is 11.3 Å². The largest absolute Gasteiger partial charge is 0.353 e. The summed E-state index contributed by atoms with van der Waals surface area (Å²) < 4.78 is 0. The summed E-state index contributed by atoms with van der Waals surface area (Å²) in [5.41, 5.74) is 2.14. The van der Waals surface area contributed by atoms with Crippen molar-refractivity contribution in [2.75, 3.05) is 45.2 Å². The molecule has 6 heteroatoms. The standard InChI is InChI=1S/C18H24N4OS/c1-14-6-7-15-13-22(18(23)16-5-4-12-24-16)11-10-21(17(15)19-14)9-8-20(2)3/h4-7,12H,8-11,13H2,1-3H3. The molecule has 2 aromatic heterocycles. The highest BCUT2D eigenvalue weighted by Gasteiger charge is 2.25. The number of rotatable bonds is 4. The number of aromatic nitrogens is 1. The predicted octanol–water partition coefficient (Wildman–Crippen LogP) is 2.48. The number of thiophene rings is 1. The topological polar surface area (TPSA) is 39.7 Å². The summed E-state index contributed by atoms with van der Waals surface area (Å²) in [6.45, 7) is 6.06. The first-order chi connectivity index (χ1) is 11.5. The molecule has 3 rings (SSSR count). The fraction of sp³-hybridized carbons (Fsp3) is 0.444. The Labute approximate surface area is 147 Å². The molecule has 0 atom stereocenters. The van der Waals surface area contributed by atoms with E-state index in [1.807, 2.05) is 35.4 Å². The number of aryl methyl sites for hydroxylation is 1. The normalized spacial score (nSPS) is 14.7. The molecule has 0 spiro atoms. The highest BCUT2D eigenvalue weighted by atomic mass is 32.1. The number of fused-ring (bicyclic) bond motifs is 1. The van der Waals surface area contributed by atoms with Crippen LogP contribution in [0.15, 0.2) is 29.6 Å². The van der Waals surface area contributed by atoms with E-state index in [0.717, 1.165) is 48.1 Å². The Hall–Kier alpha value is -1.92. The molecular formula is C18H24N4OS. The van der Waals surface area contributed by atoms with Gasteiger partial charge in [0.1, 0.15) is 5.82 Å². The number of hydrogen-bond acceptors (Lipinski definition) is 5. The van der Waals surface area contributed by atoms with Crippen molar-refractivity contribution in [2.45, 2.75) is 13.5 Å². The van der Waals surface area contributed by atoms with Crippen LogP contribution in [0.5, 0.6) is 0 Å². The van der Waals surface area contributed by atoms with Crippen LogP contribution < -0.4 is 4.90 Å². The molecule has 3 heterocycles. The van der Waals surface area contributed by atoms with Crippen LogP contribution >= 0.6 is 11.3 Å². The molecule has 24 heavy (non-hydrogen) atoms. The van der Waals surface area contributed by atoms with E-state index in [0.29, 0.717) is 6.54 Å². The van der Waals surface area contributed by atoms with Gasteiger partial charge in [-0.2, -0.15) is 0 Å². The van der Waals surface area contributed by atoms with Gasteiger partial charge < -0.3 is 14.7 Å². The zero-order valence-electron chi connectivity index (χ0n) is 14.5. The minimum Gasteiger partial charge on any atom is -0.353 e. The van der Waals surface area contributed by atoms with Crippen LogP contribution in [-0.2, 0) is 6.54 Å². The van der Waals surface area contributed by atoms with Gasteiger partial charge in [0.25, 0.3) is 5.91 Å². The Morgan fingerprint density at radius 1 is 1.29 bits per heavy atom. The lowest BCUT2D eigenvalue weighted by Gasteiger charge is -2.25. The summed E-state index contributed by atoms with van der Waals surface area (Å²) >= 11 is 1.50. The summed E-state index contributed by atoms with van der Waals surface area (Å²) in [5.74, 6) is 1.14. The number of anilines is 1. The van der Waals surface area contributed by atoms with Gasteiger partial charge in [-0.25, -0.2) is 4.98 Å². The van der Waals surface area contributed by atoms with Gasteiger partial charge >= 0.3 is 0 Å². The van der Waals surface area contributed by atoms with E-state index in [4.69, 9.17) is 4.98 Å². The molecule has 0 aliphatic carbocycles. The molecule has 0 bridgehead atoms. The van der Waals surface area contributed by atoms with Crippen molar-refractivity contribution in [2.24, 2.45) is 0 Å². The second-order valence-electron chi connectivity index (χ2n) is 6.43. The Bertz CT molecular complexity index is 699. The lowest BCUT2D eigenvalue weighted by atomic mass is 10.2. The minimum absolute atomic E-state index is 0.117. The fourth-order valence-corrected chi connectivity index (χ4v) is 3.56. The molecule has 1 aliphatic heterocycles. The van der Waals surface area contributed by atoms with Crippen LogP contribution in [0.3, 0.4) is 0 Å². The van der Waals surface area contributed by atoms with Gasteiger partial charge in [0, 0.05) is 44.0 Å². The third-order valence-electron chi connectivity index (χ3n) is 4.23. The fourth-order valence-electron chi connectivity index (χ4n) is 2.87. The van der Waals surface area contributed by atoms with Gasteiger partial charge in [-0.05, 0) is 38.5 Å². The predicted molar refractivity (Wildman–Crippen MR) is 98.8 cm³/mol. The summed E-state index contributed by atoms with van der Waals surface area (Å²) in [5, 5.41) is 1.95. The number of likely N-dealkylation sites (N-methyl/N-ethyl adjacent to an activating group) is 1. The van der Waals surface area contributed by atoms with Gasteiger partial charge in [0.05, 0.1) is 4.88 Å². The number of hydrogen-bond donors (Lipinski definition) is 0. The SMILES string of the molecule is Cc1ccc2c(n1)N(CCN(C)C)CCN(C(=O)c1cccs1)C2. The van der Waals surface area contributed by atoms with E-state index < -0.39 is 0 Å². The summed E-state index contributed by atoms with van der Waals surface area (Å²) in [4.78, 5) is 24.7. The maximum atomic E-state index is 12.8. The monoisotopic (exact) mass is 344 g/mol. The zero-order chi connectivity index (χ0) is 17.1. The van der Waals surface area contributed by atoms with E-state index in [9.17, 15) is 4.79 Å². The number of nitrogens with zero attached hydrogens (tertiary/aromatic N) is 4. The van der Waals surface area contributed by atoms with E-state index in [1.165, 1.54) is 11.3 Å². The Morgan fingerprint density at radius 3 is 2.83 bits per heavy atom. The lowest BCUT2D eigenvalue weighted by molar-refractivity contribution is 0.0756. The smallest absolute Gasteiger partial charge is 0.264 e. The van der Waals surface area contributed by atoms with Gasteiger partial charge in [0.15, 0.2) is 0 Å². The average Bonchev–Trinajstić information content (AvgIpc) is 3.02. The zero-order valence-corrected chi connectivity index (χ0v) is 15.3. The highest BCUT2D eigenvalue weighted by Crippen LogP contribution is 2.25. The third kappa shape index (κ3) is 3.76. The van der Waals surface area contributed by atoms with Crippen molar-refractivity contribution in [1.82, 2.24) is 14.8 Å². The minimum atomic E-state index is 0.117. The third-order valence-corrected chi connectivity index (χ3v) is 5.09. The first-order valence-electron chi connectivity index (χ1n) is 8.23. The molecule has 0 saturated heterocycles. The molecule has 0 N–H and O–H groups in total. The van der Waals surface area contributed by atoms with Crippen LogP contribution in [0.2, 0.25) is 0 Å². The Kier molecular flexibility index (Phi) is 5.16. The molecule has 0 radical (unpaired) electrons. The number of pyridine rings is 1. The molecule has 128 valence electrons. The van der Waals surface area contributed by atoms with E-state index in [-0.39, 0.29) is 5.91 Å². The lowest BCUT2D eigenvalue weighted by Crippen LogP contribution is -2.37. The van der Waals surface area contributed by atoms with Crippen molar-refractivity contribution >= 4 is 23.1 Å². The Balaban J connectivity index is 1.85. The first-order valence-corrected chi connectivity index (χ1v) is 9.11. The van der Waals surface area contributed by atoms with Gasteiger partial charge in [-0.3, -0.25) is 4.79 Å². The molecule has 0 aromatic carbocycles. The van der Waals surface area contributed by atoms with Crippen LogP contribution in [-0.4, -0.2) is 61.0 Å². The van der Waals surface area contributed by atoms with Crippen LogP contribution in [0.1, 0.15) is 20.9 Å². The molecule has 0 saturated carbocycles. The van der Waals surface area contributed by atoms with E-state index >= 15 is 0 Å². The maximum Gasteiger partial charge on any atom is 0.264 e. The maximum absolute atomic E-state index is 12.8. The quantitative estimate of drug-likeness (QED) is 0.854. The summed E-state index contributed by atoms with van der Waals surface area (Å²) in [7, 11) is 4.16. The highest BCUT2D eigenvalue weighted by molar-refractivity contribution is 7.12. The van der Waals surface area contributed by atoms with Crippen LogP contribution in [0.25, 0.3) is 0 Å². The number of carbonyl (C=O) groups is 1. The molecular weight excluding hydrogens is 320 g/mol.